The Hall–Kier alpha value is -2.15. The second-order valence-corrected chi connectivity index (χ2v) is 5.18. The van der Waals surface area contributed by atoms with E-state index >= 15 is 0 Å². The summed E-state index contributed by atoms with van der Waals surface area (Å²) in [5.74, 6) is 0.181. The summed E-state index contributed by atoms with van der Waals surface area (Å²) >= 11 is 0. The Bertz CT molecular complexity index is 743. The lowest BCUT2D eigenvalue weighted by Crippen LogP contribution is -2.30. The van der Waals surface area contributed by atoms with Gasteiger partial charge in [0.2, 0.25) is 0 Å². The van der Waals surface area contributed by atoms with Gasteiger partial charge in [-0.3, -0.25) is 19.0 Å². The van der Waals surface area contributed by atoms with E-state index in [1.165, 1.54) is 16.8 Å². The quantitative estimate of drug-likeness (QED) is 0.793. The maximum atomic E-state index is 11.7. The second kappa shape index (κ2) is 4.75. The molecular formula is C13H16N4O3. The molecule has 2 aromatic heterocycles. The molecule has 0 saturated carbocycles. The molecule has 2 heterocycles. The Balaban J connectivity index is 1.93. The molecule has 0 spiro atoms. The summed E-state index contributed by atoms with van der Waals surface area (Å²) in [4.78, 5) is 25.0. The number of fused-ring (bicyclic) bond motifs is 1. The molecule has 2 atom stereocenters. The Morgan fingerprint density at radius 3 is 2.95 bits per heavy atom. The lowest BCUT2D eigenvalue weighted by molar-refractivity contribution is 0.254. The van der Waals surface area contributed by atoms with Crippen molar-refractivity contribution < 1.29 is 5.11 Å². The fourth-order valence-electron chi connectivity index (χ4n) is 3.02. The summed E-state index contributed by atoms with van der Waals surface area (Å²) < 4.78 is 3.27. The Morgan fingerprint density at radius 2 is 2.25 bits per heavy atom. The Morgan fingerprint density at radius 1 is 1.45 bits per heavy atom. The van der Waals surface area contributed by atoms with Crippen molar-refractivity contribution in [2.75, 3.05) is 6.61 Å². The lowest BCUT2D eigenvalue weighted by atomic mass is 10.0. The van der Waals surface area contributed by atoms with E-state index in [2.05, 4.69) is 10.1 Å². The number of hydrogen-bond acceptors (Lipinski definition) is 4. The van der Waals surface area contributed by atoms with Crippen molar-refractivity contribution in [1.82, 2.24) is 19.3 Å². The average Bonchev–Trinajstić information content (AvgIpc) is 2.95. The predicted molar refractivity (Wildman–Crippen MR) is 71.7 cm³/mol. The van der Waals surface area contributed by atoms with E-state index in [0.29, 0.717) is 6.54 Å². The number of aliphatic hydroxyl groups is 1. The smallest absolute Gasteiger partial charge is 0.328 e. The van der Waals surface area contributed by atoms with Crippen LogP contribution in [0.2, 0.25) is 0 Å². The number of rotatable bonds is 3. The van der Waals surface area contributed by atoms with E-state index in [1.54, 1.807) is 10.9 Å². The molecular weight excluding hydrogens is 260 g/mol. The molecule has 20 heavy (non-hydrogen) atoms. The molecule has 0 fully saturated rings. The molecule has 0 unspecified atom stereocenters. The van der Waals surface area contributed by atoms with Crippen LogP contribution < -0.4 is 11.2 Å². The van der Waals surface area contributed by atoms with Crippen LogP contribution in [0.15, 0.2) is 28.0 Å². The molecule has 1 aliphatic rings. The van der Waals surface area contributed by atoms with E-state index in [1.807, 2.05) is 7.05 Å². The third kappa shape index (κ3) is 2.00. The summed E-state index contributed by atoms with van der Waals surface area (Å²) in [6.07, 6.45) is 4.08. The molecule has 0 aromatic carbocycles. The number of nitrogens with one attached hydrogen (secondary N) is 1. The van der Waals surface area contributed by atoms with Crippen molar-refractivity contribution in [3.05, 3.63) is 50.6 Å². The molecule has 2 aromatic rings. The van der Waals surface area contributed by atoms with Gasteiger partial charge in [0.15, 0.2) is 0 Å². The van der Waals surface area contributed by atoms with E-state index in [0.717, 1.165) is 17.7 Å². The van der Waals surface area contributed by atoms with E-state index in [-0.39, 0.29) is 18.4 Å². The fourth-order valence-corrected chi connectivity index (χ4v) is 3.02. The van der Waals surface area contributed by atoms with Gasteiger partial charge < -0.3 is 5.11 Å². The molecule has 3 rings (SSSR count). The van der Waals surface area contributed by atoms with Gasteiger partial charge in [-0.05, 0) is 12.0 Å². The van der Waals surface area contributed by atoms with Crippen LogP contribution in [0.4, 0.5) is 0 Å². The third-order valence-electron chi connectivity index (χ3n) is 3.94. The SMILES string of the molecule is Cn1ncc2c1[C@@H](CO)C[C@H]2Cn1ccc(=O)[nH]c1=O. The predicted octanol–water partition coefficient (Wildman–Crippen LogP) is -0.466. The summed E-state index contributed by atoms with van der Waals surface area (Å²) in [5.41, 5.74) is 1.31. The van der Waals surface area contributed by atoms with Crippen molar-refractivity contribution in [2.45, 2.75) is 24.8 Å². The number of H-pyrrole nitrogens is 1. The van der Waals surface area contributed by atoms with Crippen LogP contribution in [0.3, 0.4) is 0 Å². The van der Waals surface area contributed by atoms with E-state index < -0.39 is 11.2 Å². The first-order valence-corrected chi connectivity index (χ1v) is 6.52. The first-order valence-electron chi connectivity index (χ1n) is 6.52. The van der Waals surface area contributed by atoms with Gasteiger partial charge in [-0.25, -0.2) is 4.79 Å². The number of nitrogens with zero attached hydrogens (tertiary/aromatic N) is 3. The first kappa shape index (κ1) is 12.9. The normalized spacial score (nSPS) is 21.1. The highest BCUT2D eigenvalue weighted by Gasteiger charge is 2.34. The zero-order valence-corrected chi connectivity index (χ0v) is 11.1. The van der Waals surface area contributed by atoms with E-state index in [9.17, 15) is 14.7 Å². The number of aromatic nitrogens is 4. The van der Waals surface area contributed by atoms with Crippen molar-refractivity contribution >= 4 is 0 Å². The lowest BCUT2D eigenvalue weighted by Gasteiger charge is -2.12. The highest BCUT2D eigenvalue weighted by molar-refractivity contribution is 5.32. The molecule has 2 N–H and O–H groups in total. The molecule has 7 nitrogen and oxygen atoms in total. The number of aliphatic hydroxyl groups excluding tert-OH is 1. The fraction of sp³-hybridized carbons (Fsp3) is 0.462. The number of aromatic amines is 1. The maximum Gasteiger partial charge on any atom is 0.328 e. The molecule has 7 heteroatoms. The molecule has 0 radical (unpaired) electrons. The summed E-state index contributed by atoms with van der Waals surface area (Å²) in [6, 6.07) is 1.34. The van der Waals surface area contributed by atoms with Gasteiger partial charge in [0.05, 0.1) is 12.8 Å². The van der Waals surface area contributed by atoms with Crippen LogP contribution in [0.5, 0.6) is 0 Å². The van der Waals surface area contributed by atoms with Crippen molar-refractivity contribution in [3.8, 4) is 0 Å². The molecule has 0 bridgehead atoms. The standard InChI is InChI=1S/C13H16N4O3/c1-16-12-9(7-18)4-8(10(12)5-14-16)6-17-3-2-11(19)15-13(17)20/h2-3,5,8-9,18H,4,6-7H2,1H3,(H,15,19,20)/t8-,9+/m0/s1. The van der Waals surface area contributed by atoms with Gasteiger partial charge in [-0.1, -0.05) is 0 Å². The maximum absolute atomic E-state index is 11.7. The van der Waals surface area contributed by atoms with E-state index in [4.69, 9.17) is 0 Å². The van der Waals surface area contributed by atoms with Gasteiger partial charge in [-0.15, -0.1) is 0 Å². The van der Waals surface area contributed by atoms with Crippen molar-refractivity contribution in [3.63, 3.8) is 0 Å². The van der Waals surface area contributed by atoms with Crippen LogP contribution in [-0.4, -0.2) is 31.0 Å². The minimum atomic E-state index is -0.407. The minimum absolute atomic E-state index is 0.0564. The molecule has 0 aliphatic heterocycles. The van der Waals surface area contributed by atoms with Crippen LogP contribution in [-0.2, 0) is 13.6 Å². The van der Waals surface area contributed by atoms with Crippen LogP contribution >= 0.6 is 0 Å². The van der Waals surface area contributed by atoms with Crippen molar-refractivity contribution in [1.29, 1.82) is 0 Å². The van der Waals surface area contributed by atoms with Crippen LogP contribution in [0, 0.1) is 0 Å². The highest BCUT2D eigenvalue weighted by atomic mass is 16.3. The summed E-state index contributed by atoms with van der Waals surface area (Å²) in [6.45, 7) is 0.550. The third-order valence-corrected chi connectivity index (χ3v) is 3.94. The zero-order chi connectivity index (χ0) is 14.3. The first-order chi connectivity index (χ1) is 9.60. The van der Waals surface area contributed by atoms with Gasteiger partial charge in [0.1, 0.15) is 0 Å². The van der Waals surface area contributed by atoms with Gasteiger partial charge in [0, 0.05) is 43.4 Å². The van der Waals surface area contributed by atoms with Gasteiger partial charge in [0.25, 0.3) is 5.56 Å². The topological polar surface area (TPSA) is 92.9 Å². The monoisotopic (exact) mass is 276 g/mol. The van der Waals surface area contributed by atoms with Crippen LogP contribution in [0.25, 0.3) is 0 Å². The van der Waals surface area contributed by atoms with Gasteiger partial charge in [-0.2, -0.15) is 5.10 Å². The minimum Gasteiger partial charge on any atom is -0.396 e. The molecule has 106 valence electrons. The number of hydrogen-bond donors (Lipinski definition) is 2. The summed E-state index contributed by atoms with van der Waals surface area (Å²) in [5, 5.41) is 13.7. The Labute approximate surface area is 114 Å². The summed E-state index contributed by atoms with van der Waals surface area (Å²) in [7, 11) is 1.86. The molecule has 0 saturated heterocycles. The van der Waals surface area contributed by atoms with Crippen LogP contribution in [0.1, 0.15) is 29.5 Å². The second-order valence-electron chi connectivity index (χ2n) is 5.18. The average molecular weight is 276 g/mol. The zero-order valence-electron chi connectivity index (χ0n) is 11.1. The van der Waals surface area contributed by atoms with Crippen molar-refractivity contribution in [2.24, 2.45) is 7.05 Å². The molecule has 0 amide bonds. The highest BCUT2D eigenvalue weighted by Crippen LogP contribution is 2.41. The Kier molecular flexibility index (Phi) is 3.06. The van der Waals surface area contributed by atoms with Gasteiger partial charge >= 0.3 is 5.69 Å². The molecule has 1 aliphatic carbocycles. The largest absolute Gasteiger partial charge is 0.396 e. The number of aryl methyl sites for hydroxylation is 1.